The van der Waals surface area contributed by atoms with Crippen molar-refractivity contribution in [2.24, 2.45) is 0 Å². The molecule has 0 aliphatic carbocycles. The van der Waals surface area contributed by atoms with Gasteiger partial charge in [-0.15, -0.1) is 5.10 Å². The van der Waals surface area contributed by atoms with Crippen LogP contribution in [0.1, 0.15) is 0 Å². The molecule has 5 rings (SSSR count). The molecule has 1 fully saturated rings. The third-order valence-corrected chi connectivity index (χ3v) is 5.25. The van der Waals surface area contributed by atoms with Crippen molar-refractivity contribution in [2.75, 3.05) is 37.9 Å². The summed E-state index contributed by atoms with van der Waals surface area (Å²) < 4.78 is 18.2. The van der Waals surface area contributed by atoms with Gasteiger partial charge in [-0.2, -0.15) is 0 Å². The molecule has 0 N–H and O–H groups in total. The Bertz CT molecular complexity index is 1030. The summed E-state index contributed by atoms with van der Waals surface area (Å²) >= 11 is 5.37. The van der Waals surface area contributed by atoms with Crippen molar-refractivity contribution in [1.29, 1.82) is 0 Å². The number of benzene rings is 1. The van der Waals surface area contributed by atoms with Crippen LogP contribution in [0.5, 0.6) is 11.5 Å². The highest BCUT2D eigenvalue weighted by Gasteiger charge is 2.20. The second-order valence-corrected chi connectivity index (χ2v) is 7.04. The van der Waals surface area contributed by atoms with Crippen molar-refractivity contribution in [3.63, 3.8) is 0 Å². The van der Waals surface area contributed by atoms with Gasteiger partial charge in [0.1, 0.15) is 0 Å². The van der Waals surface area contributed by atoms with Gasteiger partial charge in [-0.3, -0.25) is 9.88 Å². The van der Waals surface area contributed by atoms with Crippen LogP contribution in [0.4, 0.5) is 5.69 Å². The molecule has 28 heavy (non-hydrogen) atoms. The van der Waals surface area contributed by atoms with Gasteiger partial charge in [0.05, 0.1) is 6.67 Å². The number of hydrogen-bond acceptors (Lipinski definition) is 8. The summed E-state index contributed by atoms with van der Waals surface area (Å²) in [6.07, 6.45) is 3.65. The van der Waals surface area contributed by atoms with Crippen LogP contribution in [0, 0.1) is 4.84 Å². The van der Waals surface area contributed by atoms with E-state index in [-0.39, 0.29) is 6.79 Å². The van der Waals surface area contributed by atoms with E-state index in [1.54, 1.807) is 4.68 Å². The van der Waals surface area contributed by atoms with E-state index in [1.165, 1.54) is 5.69 Å². The van der Waals surface area contributed by atoms with Crippen LogP contribution >= 0.6 is 12.2 Å². The van der Waals surface area contributed by atoms with E-state index < -0.39 is 0 Å². The van der Waals surface area contributed by atoms with Crippen LogP contribution in [0.15, 0.2) is 47.1 Å². The Morgan fingerprint density at radius 2 is 1.75 bits per heavy atom. The van der Waals surface area contributed by atoms with Gasteiger partial charge in [-0.05, 0) is 42.5 Å². The lowest BCUT2D eigenvalue weighted by Gasteiger charge is -2.35. The SMILES string of the molecule is S=c1oc(-c2ccc3c(c2)OCO3)nn1CN1CCN(c2ccncc2)CC1. The number of pyridine rings is 1. The second-order valence-electron chi connectivity index (χ2n) is 6.69. The monoisotopic (exact) mass is 397 g/mol. The number of ether oxygens (including phenoxy) is 2. The Morgan fingerprint density at radius 1 is 0.964 bits per heavy atom. The van der Waals surface area contributed by atoms with Crippen molar-refractivity contribution in [1.82, 2.24) is 19.7 Å². The fourth-order valence-electron chi connectivity index (χ4n) is 3.43. The van der Waals surface area contributed by atoms with Crippen LogP contribution in [0.3, 0.4) is 0 Å². The topological polar surface area (TPSA) is 68.8 Å². The maximum absolute atomic E-state index is 5.72. The first-order chi connectivity index (χ1) is 13.8. The molecule has 9 heteroatoms. The predicted octanol–water partition coefficient (Wildman–Crippen LogP) is 2.78. The van der Waals surface area contributed by atoms with Crippen molar-refractivity contribution < 1.29 is 13.9 Å². The van der Waals surface area contributed by atoms with E-state index in [4.69, 9.17) is 26.1 Å². The molecule has 1 saturated heterocycles. The highest BCUT2D eigenvalue weighted by atomic mass is 32.1. The molecule has 0 radical (unpaired) electrons. The first kappa shape index (κ1) is 17.2. The fraction of sp³-hybridized carbons (Fsp3) is 0.316. The lowest BCUT2D eigenvalue weighted by atomic mass is 10.2. The van der Waals surface area contributed by atoms with E-state index in [9.17, 15) is 0 Å². The van der Waals surface area contributed by atoms with Crippen LogP contribution in [0.2, 0.25) is 0 Å². The van der Waals surface area contributed by atoms with Crippen molar-refractivity contribution in [3.8, 4) is 23.0 Å². The van der Waals surface area contributed by atoms with E-state index >= 15 is 0 Å². The van der Waals surface area contributed by atoms with E-state index in [0.717, 1.165) is 37.5 Å². The first-order valence-electron chi connectivity index (χ1n) is 9.11. The van der Waals surface area contributed by atoms with Crippen molar-refractivity contribution in [2.45, 2.75) is 6.67 Å². The molecular formula is C19H19N5O3S. The fourth-order valence-corrected chi connectivity index (χ4v) is 3.61. The standard InChI is InChI=1S/C19H19N5O3S/c28-19-24(12-22-7-9-23(10-8-22)15-3-5-20-6-4-15)21-18(27-19)14-1-2-16-17(11-14)26-13-25-16/h1-6,11H,7-10,12-13H2. The number of hydrogen-bond donors (Lipinski definition) is 0. The Labute approximate surface area is 166 Å². The van der Waals surface area contributed by atoms with E-state index in [1.807, 2.05) is 42.7 Å². The highest BCUT2D eigenvalue weighted by Crippen LogP contribution is 2.35. The maximum Gasteiger partial charge on any atom is 0.288 e. The number of fused-ring (bicyclic) bond motifs is 1. The average molecular weight is 397 g/mol. The Kier molecular flexibility index (Phi) is 4.46. The molecule has 1 aromatic carbocycles. The number of nitrogens with zero attached hydrogens (tertiary/aromatic N) is 5. The van der Waals surface area contributed by atoms with Crippen molar-refractivity contribution >= 4 is 17.9 Å². The van der Waals surface area contributed by atoms with E-state index in [2.05, 4.69) is 19.9 Å². The van der Waals surface area contributed by atoms with Crippen LogP contribution in [0.25, 0.3) is 11.5 Å². The molecule has 8 nitrogen and oxygen atoms in total. The molecular weight excluding hydrogens is 378 g/mol. The third kappa shape index (κ3) is 3.34. The molecule has 0 unspecified atom stereocenters. The quantitative estimate of drug-likeness (QED) is 0.623. The Morgan fingerprint density at radius 3 is 2.57 bits per heavy atom. The highest BCUT2D eigenvalue weighted by molar-refractivity contribution is 7.71. The molecule has 0 bridgehead atoms. The number of anilines is 1. The molecule has 2 aromatic heterocycles. The number of aromatic nitrogens is 3. The lowest BCUT2D eigenvalue weighted by molar-refractivity contribution is 0.174. The first-order valence-corrected chi connectivity index (χ1v) is 9.52. The van der Waals surface area contributed by atoms with Gasteiger partial charge in [0.25, 0.3) is 4.84 Å². The molecule has 0 spiro atoms. The lowest BCUT2D eigenvalue weighted by Crippen LogP contribution is -2.46. The predicted molar refractivity (Wildman–Crippen MR) is 105 cm³/mol. The van der Waals surface area contributed by atoms with Gasteiger partial charge in [-0.1, -0.05) is 0 Å². The summed E-state index contributed by atoms with van der Waals surface area (Å²) in [4.78, 5) is 9.12. The van der Waals surface area contributed by atoms with Gasteiger partial charge in [0.2, 0.25) is 12.7 Å². The zero-order valence-corrected chi connectivity index (χ0v) is 16.0. The largest absolute Gasteiger partial charge is 0.454 e. The zero-order chi connectivity index (χ0) is 18.9. The second kappa shape index (κ2) is 7.25. The molecule has 2 aliphatic rings. The van der Waals surface area contributed by atoms with Gasteiger partial charge in [0.15, 0.2) is 11.5 Å². The molecule has 144 valence electrons. The van der Waals surface area contributed by atoms with Crippen LogP contribution in [-0.4, -0.2) is 52.6 Å². The zero-order valence-electron chi connectivity index (χ0n) is 15.2. The molecule has 0 atom stereocenters. The smallest absolute Gasteiger partial charge is 0.288 e. The Balaban J connectivity index is 1.26. The summed E-state index contributed by atoms with van der Waals surface area (Å²) in [5.74, 6) is 1.91. The molecule has 2 aliphatic heterocycles. The molecule has 0 amide bonds. The van der Waals surface area contributed by atoms with Crippen molar-refractivity contribution in [3.05, 3.63) is 47.6 Å². The van der Waals surface area contributed by atoms with E-state index in [0.29, 0.717) is 23.1 Å². The minimum absolute atomic E-state index is 0.238. The number of rotatable bonds is 4. The van der Waals surface area contributed by atoms with Gasteiger partial charge in [-0.25, -0.2) is 4.68 Å². The summed E-state index contributed by atoms with van der Waals surface area (Å²) in [5.41, 5.74) is 2.02. The average Bonchev–Trinajstić information content (AvgIpc) is 3.35. The normalized spacial score (nSPS) is 16.5. The summed E-state index contributed by atoms with van der Waals surface area (Å²) in [7, 11) is 0. The summed E-state index contributed by atoms with van der Waals surface area (Å²) in [6, 6.07) is 9.70. The maximum atomic E-state index is 5.72. The Hall–Kier alpha value is -2.91. The molecule has 3 aromatic rings. The molecule has 4 heterocycles. The van der Waals surface area contributed by atoms with Crippen LogP contribution in [-0.2, 0) is 6.67 Å². The minimum atomic E-state index is 0.238. The third-order valence-electron chi connectivity index (χ3n) is 4.96. The summed E-state index contributed by atoms with van der Waals surface area (Å²) in [6.45, 7) is 4.60. The molecule has 0 saturated carbocycles. The number of piperazine rings is 1. The summed E-state index contributed by atoms with van der Waals surface area (Å²) in [5, 5.41) is 4.56. The van der Waals surface area contributed by atoms with Crippen LogP contribution < -0.4 is 14.4 Å². The van der Waals surface area contributed by atoms with Gasteiger partial charge >= 0.3 is 0 Å². The minimum Gasteiger partial charge on any atom is -0.454 e. The van der Waals surface area contributed by atoms with Gasteiger partial charge in [0, 0.05) is 49.8 Å². The van der Waals surface area contributed by atoms with Gasteiger partial charge < -0.3 is 18.8 Å².